The summed E-state index contributed by atoms with van der Waals surface area (Å²) < 4.78 is 111. The van der Waals surface area contributed by atoms with E-state index in [0.717, 1.165) is 0 Å². The van der Waals surface area contributed by atoms with Crippen molar-refractivity contribution in [1.82, 2.24) is 0 Å². The standard InChI is InChI=1S/C13H13F6NO5S/c14-12(15,16)11(13(17,18)19,8-26(22,23)24)25-10(21)6-7-20-9-4-2-1-3-5-9/h1-5,20H,6-8H2,(H,22,23,24). The predicted molar refractivity (Wildman–Crippen MR) is 76.9 cm³/mol. The summed E-state index contributed by atoms with van der Waals surface area (Å²) in [5.41, 5.74) is -4.94. The van der Waals surface area contributed by atoms with Crippen LogP contribution in [0.25, 0.3) is 0 Å². The third-order valence-electron chi connectivity index (χ3n) is 3.02. The van der Waals surface area contributed by atoms with E-state index in [2.05, 4.69) is 10.1 Å². The van der Waals surface area contributed by atoms with Crippen molar-refractivity contribution < 1.29 is 48.8 Å². The second-order valence-electron chi connectivity index (χ2n) is 5.07. The van der Waals surface area contributed by atoms with E-state index in [9.17, 15) is 39.6 Å². The molecule has 0 aromatic heterocycles. The lowest BCUT2D eigenvalue weighted by Crippen LogP contribution is -2.63. The number of carbonyl (C=O) groups excluding carboxylic acids is 1. The maximum atomic E-state index is 13.0. The summed E-state index contributed by atoms with van der Waals surface area (Å²) >= 11 is 0. The highest BCUT2D eigenvalue weighted by atomic mass is 32.2. The molecule has 148 valence electrons. The fraction of sp³-hybridized carbons (Fsp3) is 0.462. The Morgan fingerprint density at radius 3 is 1.96 bits per heavy atom. The number of hydrogen-bond acceptors (Lipinski definition) is 5. The van der Waals surface area contributed by atoms with E-state index in [1.807, 2.05) is 0 Å². The summed E-state index contributed by atoms with van der Waals surface area (Å²) in [4.78, 5) is 11.5. The summed E-state index contributed by atoms with van der Waals surface area (Å²) in [7, 11) is -5.79. The van der Waals surface area contributed by atoms with E-state index in [4.69, 9.17) is 4.55 Å². The maximum absolute atomic E-state index is 13.0. The van der Waals surface area contributed by atoms with Gasteiger partial charge in [0.25, 0.3) is 10.1 Å². The fourth-order valence-electron chi connectivity index (χ4n) is 1.84. The van der Waals surface area contributed by atoms with Gasteiger partial charge in [0, 0.05) is 12.2 Å². The number of esters is 1. The van der Waals surface area contributed by atoms with Crippen molar-refractivity contribution in [3.05, 3.63) is 30.3 Å². The number of anilines is 1. The van der Waals surface area contributed by atoms with Crippen LogP contribution in [0, 0.1) is 0 Å². The average Bonchev–Trinajstić information content (AvgIpc) is 2.44. The van der Waals surface area contributed by atoms with Crippen molar-refractivity contribution >= 4 is 21.8 Å². The molecule has 0 spiro atoms. The Hall–Kier alpha value is -2.02. The number of ether oxygens (including phenoxy) is 1. The van der Waals surface area contributed by atoms with Crippen LogP contribution in [0.3, 0.4) is 0 Å². The highest BCUT2D eigenvalue weighted by molar-refractivity contribution is 7.85. The molecule has 0 bridgehead atoms. The second-order valence-corrected chi connectivity index (χ2v) is 6.52. The van der Waals surface area contributed by atoms with Gasteiger partial charge in [-0.25, -0.2) is 0 Å². The molecule has 0 saturated carbocycles. The first-order valence-corrected chi connectivity index (χ1v) is 8.38. The van der Waals surface area contributed by atoms with Crippen LogP contribution in [-0.4, -0.2) is 49.2 Å². The first-order valence-electron chi connectivity index (χ1n) is 6.77. The molecule has 0 atom stereocenters. The highest BCUT2D eigenvalue weighted by Crippen LogP contribution is 2.46. The van der Waals surface area contributed by atoms with Crippen molar-refractivity contribution in [1.29, 1.82) is 0 Å². The minimum Gasteiger partial charge on any atom is -0.438 e. The van der Waals surface area contributed by atoms with Crippen molar-refractivity contribution in [2.45, 2.75) is 24.4 Å². The van der Waals surface area contributed by atoms with Crippen LogP contribution in [-0.2, 0) is 19.6 Å². The molecule has 2 N–H and O–H groups in total. The van der Waals surface area contributed by atoms with Gasteiger partial charge in [0.2, 0.25) is 0 Å². The summed E-state index contributed by atoms with van der Waals surface area (Å²) in [6.07, 6.45) is -13.6. The SMILES string of the molecule is O=C(CCNc1ccccc1)OC(CS(=O)(=O)O)(C(F)(F)F)C(F)(F)F. The van der Waals surface area contributed by atoms with Gasteiger partial charge in [-0.15, -0.1) is 0 Å². The number of halogens is 6. The number of rotatable bonds is 7. The molecule has 0 fully saturated rings. The Bertz CT molecular complexity index is 703. The van der Waals surface area contributed by atoms with E-state index < -0.39 is 46.2 Å². The molecule has 0 radical (unpaired) electrons. The molecule has 0 aliphatic carbocycles. The molecule has 0 aliphatic rings. The molecule has 26 heavy (non-hydrogen) atoms. The molecule has 1 aromatic rings. The van der Waals surface area contributed by atoms with Crippen LogP contribution >= 0.6 is 0 Å². The monoisotopic (exact) mass is 409 g/mol. The zero-order chi connectivity index (χ0) is 20.2. The predicted octanol–water partition coefficient (Wildman–Crippen LogP) is 2.78. The second kappa shape index (κ2) is 7.70. The lowest BCUT2D eigenvalue weighted by atomic mass is 10.1. The Morgan fingerprint density at radius 2 is 1.54 bits per heavy atom. The van der Waals surface area contributed by atoms with Gasteiger partial charge in [0.05, 0.1) is 6.42 Å². The molecule has 1 rings (SSSR count). The van der Waals surface area contributed by atoms with E-state index >= 15 is 0 Å². The van der Waals surface area contributed by atoms with Gasteiger partial charge in [-0.2, -0.15) is 34.8 Å². The summed E-state index contributed by atoms with van der Waals surface area (Å²) in [5.74, 6) is -4.85. The molecule has 6 nitrogen and oxygen atoms in total. The van der Waals surface area contributed by atoms with Crippen LogP contribution < -0.4 is 5.32 Å². The quantitative estimate of drug-likeness (QED) is 0.409. The summed E-state index contributed by atoms with van der Waals surface area (Å²) in [5, 5.41) is 2.56. The molecular weight excluding hydrogens is 396 g/mol. The Labute approximate surface area is 143 Å². The maximum Gasteiger partial charge on any atom is 0.438 e. The number of hydrogen-bond donors (Lipinski definition) is 2. The first-order chi connectivity index (χ1) is 11.7. The highest BCUT2D eigenvalue weighted by Gasteiger charge is 2.75. The molecule has 0 saturated heterocycles. The van der Waals surface area contributed by atoms with E-state index in [0.29, 0.717) is 5.69 Å². The van der Waals surface area contributed by atoms with Crippen LogP contribution in [0.5, 0.6) is 0 Å². The summed E-state index contributed by atoms with van der Waals surface area (Å²) in [6, 6.07) is 7.88. The molecule has 13 heteroatoms. The van der Waals surface area contributed by atoms with Gasteiger partial charge in [-0.1, -0.05) is 18.2 Å². The molecule has 0 aliphatic heterocycles. The number of alkyl halides is 6. The number of carbonyl (C=O) groups is 1. The van der Waals surface area contributed by atoms with Gasteiger partial charge in [-0.05, 0) is 12.1 Å². The molecule has 0 unspecified atom stereocenters. The van der Waals surface area contributed by atoms with E-state index in [1.54, 1.807) is 18.2 Å². The van der Waals surface area contributed by atoms with Crippen molar-refractivity contribution in [2.75, 3.05) is 17.6 Å². The van der Waals surface area contributed by atoms with Crippen molar-refractivity contribution in [3.63, 3.8) is 0 Å². The van der Waals surface area contributed by atoms with Gasteiger partial charge in [-0.3, -0.25) is 9.35 Å². The van der Waals surface area contributed by atoms with Crippen LogP contribution in [0.2, 0.25) is 0 Å². The van der Waals surface area contributed by atoms with Gasteiger partial charge < -0.3 is 10.1 Å². The normalized spacial score (nSPS) is 13.3. The van der Waals surface area contributed by atoms with Gasteiger partial charge in [0.15, 0.2) is 0 Å². The minimum atomic E-state index is -6.33. The molecule has 0 heterocycles. The zero-order valence-corrected chi connectivity index (χ0v) is 13.6. The van der Waals surface area contributed by atoms with Crippen LogP contribution in [0.1, 0.15) is 6.42 Å². The largest absolute Gasteiger partial charge is 0.438 e. The van der Waals surface area contributed by atoms with Crippen LogP contribution in [0.15, 0.2) is 30.3 Å². The Balaban J connectivity index is 2.95. The van der Waals surface area contributed by atoms with Crippen LogP contribution in [0.4, 0.5) is 32.0 Å². The number of para-hydroxylation sites is 1. The topological polar surface area (TPSA) is 92.7 Å². The first kappa shape index (κ1) is 22.0. The smallest absolute Gasteiger partial charge is 0.438 e. The number of nitrogens with one attached hydrogen (secondary N) is 1. The summed E-state index contributed by atoms with van der Waals surface area (Å²) in [6.45, 7) is -0.374. The Kier molecular flexibility index (Phi) is 6.52. The van der Waals surface area contributed by atoms with Gasteiger partial charge in [0.1, 0.15) is 5.75 Å². The number of benzene rings is 1. The van der Waals surface area contributed by atoms with Gasteiger partial charge >= 0.3 is 23.9 Å². The lowest BCUT2D eigenvalue weighted by Gasteiger charge is -2.35. The van der Waals surface area contributed by atoms with Crippen molar-refractivity contribution in [3.8, 4) is 0 Å². The Morgan fingerprint density at radius 1 is 1.04 bits per heavy atom. The van der Waals surface area contributed by atoms with E-state index in [-0.39, 0.29) is 6.54 Å². The third-order valence-corrected chi connectivity index (χ3v) is 3.79. The molecule has 0 amide bonds. The third kappa shape index (κ3) is 5.76. The fourth-order valence-corrected chi connectivity index (χ4v) is 2.74. The zero-order valence-electron chi connectivity index (χ0n) is 12.8. The minimum absolute atomic E-state index is 0.374. The molecular formula is C13H13F6NO5S. The van der Waals surface area contributed by atoms with Crippen molar-refractivity contribution in [2.24, 2.45) is 0 Å². The lowest BCUT2D eigenvalue weighted by molar-refractivity contribution is -0.361. The molecule has 1 aromatic carbocycles. The average molecular weight is 409 g/mol. The van der Waals surface area contributed by atoms with E-state index in [1.165, 1.54) is 12.1 Å².